The molecule has 0 aliphatic carbocycles. The predicted molar refractivity (Wildman–Crippen MR) is 109 cm³/mol. The number of aliphatic carboxylic acids is 1. The molecule has 5 nitrogen and oxygen atoms in total. The Morgan fingerprint density at radius 2 is 1.24 bits per heavy atom. The van der Waals surface area contributed by atoms with E-state index in [9.17, 15) is 9.59 Å². The summed E-state index contributed by atoms with van der Waals surface area (Å²) < 4.78 is 5.01. The van der Waals surface area contributed by atoms with E-state index in [0.29, 0.717) is 6.61 Å². The molecule has 0 saturated heterocycles. The zero-order valence-corrected chi connectivity index (χ0v) is 15.3. The average molecular weight is 379 g/mol. The summed E-state index contributed by atoms with van der Waals surface area (Å²) in [4.78, 5) is 20.4. The molecule has 0 aliphatic heterocycles. The molecule has 7 heteroatoms. The molecule has 0 amide bonds. The number of carboxylic acids is 1. The third-order valence-electron chi connectivity index (χ3n) is 3.42. The fourth-order valence-corrected chi connectivity index (χ4v) is 1.89. The fraction of sp³-hybridized carbons (Fsp3) is 0.889. The van der Waals surface area contributed by atoms with Gasteiger partial charge in [0, 0.05) is 6.42 Å². The summed E-state index contributed by atoms with van der Waals surface area (Å²) in [6.07, 6.45) is 13.1. The Balaban J connectivity index is -0.000000276. The second-order valence-electron chi connectivity index (χ2n) is 5.89. The molecule has 142 valence electrons. The monoisotopic (exact) mass is 379 g/mol. The quantitative estimate of drug-likeness (QED) is 0.292. The van der Waals surface area contributed by atoms with Crippen molar-refractivity contribution >= 4 is 71.1 Å². The molecule has 0 bridgehead atoms. The third kappa shape index (κ3) is 33.0. The molecule has 1 atom stereocenters. The van der Waals surface area contributed by atoms with Gasteiger partial charge in [-0.2, -0.15) is 0 Å². The first kappa shape index (κ1) is 33.5. The number of hydrogen-bond donors (Lipinski definition) is 2. The van der Waals surface area contributed by atoms with Crippen molar-refractivity contribution in [3.8, 4) is 0 Å². The van der Waals surface area contributed by atoms with Crippen molar-refractivity contribution in [3.63, 3.8) is 0 Å². The first-order chi connectivity index (χ1) is 11.0. The summed E-state index contributed by atoms with van der Waals surface area (Å²) in [5.41, 5.74) is 5.39. The van der Waals surface area contributed by atoms with Gasteiger partial charge in [0.05, 0.1) is 6.61 Å². The molecular weight excluding hydrogens is 340 g/mol. The van der Waals surface area contributed by atoms with Crippen molar-refractivity contribution in [2.75, 3.05) is 6.61 Å². The zero-order chi connectivity index (χ0) is 17.9. The molecule has 0 radical (unpaired) electrons. The number of rotatable bonds is 13. The molecular formula is C18H39NNa2O4. The number of carboxylic acid groups (broad SMARTS) is 1. The van der Waals surface area contributed by atoms with Gasteiger partial charge in [-0.25, -0.2) is 0 Å². The van der Waals surface area contributed by atoms with Gasteiger partial charge in [-0.1, -0.05) is 71.6 Å². The normalized spacial score (nSPS) is 10.4. The van der Waals surface area contributed by atoms with E-state index in [1.165, 1.54) is 51.4 Å². The summed E-state index contributed by atoms with van der Waals surface area (Å²) >= 11 is 0. The van der Waals surface area contributed by atoms with E-state index in [1.54, 1.807) is 13.8 Å². The molecule has 0 rings (SSSR count). The second-order valence-corrected chi connectivity index (χ2v) is 5.89. The first-order valence-electron chi connectivity index (χ1n) is 9.09. The summed E-state index contributed by atoms with van der Waals surface area (Å²) in [6, 6.07) is -0.492. The number of ether oxygens (including phenoxy) is 1. The number of esters is 1. The molecule has 1 unspecified atom stereocenters. The van der Waals surface area contributed by atoms with Gasteiger partial charge in [-0.05, 0) is 13.3 Å². The van der Waals surface area contributed by atoms with E-state index in [-0.39, 0.29) is 71.5 Å². The Labute approximate surface area is 198 Å². The third-order valence-corrected chi connectivity index (χ3v) is 3.42. The van der Waals surface area contributed by atoms with Crippen molar-refractivity contribution in [1.82, 2.24) is 0 Å². The van der Waals surface area contributed by atoms with Gasteiger partial charge < -0.3 is 15.6 Å². The van der Waals surface area contributed by atoms with Crippen LogP contribution in [0.1, 0.15) is 91.4 Å². The topological polar surface area (TPSA) is 89.6 Å². The van der Waals surface area contributed by atoms with Crippen molar-refractivity contribution in [2.45, 2.75) is 97.4 Å². The second kappa shape index (κ2) is 27.1. The Hall–Kier alpha value is 0.900. The van der Waals surface area contributed by atoms with Gasteiger partial charge in [-0.3, -0.25) is 9.59 Å². The number of carbonyl (C=O) groups is 2. The van der Waals surface area contributed by atoms with Crippen LogP contribution in [-0.2, 0) is 14.3 Å². The number of unbranched alkanes of at least 4 members (excludes halogenated alkanes) is 9. The summed E-state index contributed by atoms with van der Waals surface area (Å²) in [5, 5.41) is 7.72. The van der Waals surface area contributed by atoms with Gasteiger partial charge in [0.25, 0.3) is 0 Å². The van der Waals surface area contributed by atoms with Crippen LogP contribution in [0, 0.1) is 0 Å². The van der Waals surface area contributed by atoms with E-state index in [1.807, 2.05) is 0 Å². The molecule has 0 spiro atoms. The van der Waals surface area contributed by atoms with Gasteiger partial charge in [0.1, 0.15) is 6.04 Å². The summed E-state index contributed by atoms with van der Waals surface area (Å²) in [7, 11) is 0. The molecule has 0 aromatic rings. The summed E-state index contributed by atoms with van der Waals surface area (Å²) in [5.74, 6) is -1.03. The Kier molecular flexibility index (Phi) is 36.3. The molecule has 0 aromatic heterocycles. The van der Waals surface area contributed by atoms with Gasteiger partial charge in [0.15, 0.2) is 0 Å². The van der Waals surface area contributed by atoms with E-state index in [0.717, 1.165) is 12.8 Å². The maximum atomic E-state index is 11.1. The van der Waals surface area contributed by atoms with Crippen LogP contribution >= 0.6 is 0 Å². The molecule has 0 saturated carbocycles. The van der Waals surface area contributed by atoms with Crippen LogP contribution in [0.25, 0.3) is 0 Å². The SMILES string of the molecule is CCC(=O)O.CCCCCCCCCCCCOC(=O)C(C)N.[NaH].[NaH]. The van der Waals surface area contributed by atoms with Crippen molar-refractivity contribution in [2.24, 2.45) is 5.73 Å². The molecule has 0 aliphatic rings. The first-order valence-corrected chi connectivity index (χ1v) is 9.09. The predicted octanol–water partition coefficient (Wildman–Crippen LogP) is 2.98. The van der Waals surface area contributed by atoms with Crippen LogP contribution in [0.3, 0.4) is 0 Å². The number of carbonyl (C=O) groups excluding carboxylic acids is 1. The van der Waals surface area contributed by atoms with Crippen LogP contribution in [0.2, 0.25) is 0 Å². The Bertz CT molecular complexity index is 290. The zero-order valence-electron chi connectivity index (χ0n) is 15.3. The maximum absolute atomic E-state index is 11.1. The number of hydrogen-bond acceptors (Lipinski definition) is 4. The van der Waals surface area contributed by atoms with Crippen molar-refractivity contribution in [1.29, 1.82) is 0 Å². The van der Waals surface area contributed by atoms with E-state index in [4.69, 9.17) is 15.6 Å². The van der Waals surface area contributed by atoms with Crippen LogP contribution in [-0.4, -0.2) is 88.8 Å². The molecule has 3 N–H and O–H groups in total. The fourth-order valence-electron chi connectivity index (χ4n) is 1.89. The van der Waals surface area contributed by atoms with Crippen LogP contribution in [0.4, 0.5) is 0 Å². The minimum absolute atomic E-state index is 0. The molecule has 0 aromatic carbocycles. The number of nitrogens with two attached hydrogens (primary N) is 1. The average Bonchev–Trinajstić information content (AvgIpc) is 2.52. The standard InChI is InChI=1S/C15H31NO2.C3H6O2.2Na.2H/c1-3-4-5-6-7-8-9-10-11-12-13-18-15(17)14(2)16;1-2-3(4)5;;;;/h14H,3-13,16H2,1-2H3;2H2,1H3,(H,4,5);;;;. The van der Waals surface area contributed by atoms with E-state index < -0.39 is 12.0 Å². The molecule has 25 heavy (non-hydrogen) atoms. The van der Waals surface area contributed by atoms with Crippen LogP contribution in [0.5, 0.6) is 0 Å². The van der Waals surface area contributed by atoms with Crippen LogP contribution < -0.4 is 5.73 Å². The van der Waals surface area contributed by atoms with Gasteiger partial charge >= 0.3 is 71.1 Å². The Morgan fingerprint density at radius 3 is 1.56 bits per heavy atom. The van der Waals surface area contributed by atoms with Gasteiger partial charge in [-0.15, -0.1) is 0 Å². The molecule has 0 heterocycles. The van der Waals surface area contributed by atoms with Crippen molar-refractivity contribution < 1.29 is 19.4 Å². The van der Waals surface area contributed by atoms with Crippen molar-refractivity contribution in [3.05, 3.63) is 0 Å². The Morgan fingerprint density at radius 1 is 0.880 bits per heavy atom. The summed E-state index contributed by atoms with van der Waals surface area (Å²) in [6.45, 7) is 6.03. The molecule has 0 fully saturated rings. The van der Waals surface area contributed by atoms with E-state index in [2.05, 4.69) is 6.92 Å². The van der Waals surface area contributed by atoms with Gasteiger partial charge in [0.2, 0.25) is 0 Å². The minimum atomic E-state index is -0.745. The van der Waals surface area contributed by atoms with E-state index >= 15 is 0 Å². The van der Waals surface area contributed by atoms with Crippen LogP contribution in [0.15, 0.2) is 0 Å².